The summed E-state index contributed by atoms with van der Waals surface area (Å²) in [6.07, 6.45) is 0. The lowest BCUT2D eigenvalue weighted by Gasteiger charge is -2.21. The molecule has 2 N–H and O–H groups in total. The summed E-state index contributed by atoms with van der Waals surface area (Å²) in [5.41, 5.74) is 2.83. The number of hydrogen-bond donors (Lipinski definition) is 2. The van der Waals surface area contributed by atoms with Crippen LogP contribution in [-0.2, 0) is 14.3 Å². The Kier molecular flexibility index (Phi) is 7.96. The van der Waals surface area contributed by atoms with Crippen LogP contribution in [0.15, 0.2) is 46.9 Å². The number of amides is 2. The van der Waals surface area contributed by atoms with Crippen LogP contribution in [0.3, 0.4) is 0 Å². The number of carbonyl (C=O) groups is 3. The first kappa shape index (κ1) is 22.6. The summed E-state index contributed by atoms with van der Waals surface area (Å²) in [5.74, 6) is -1.65. The Balaban J connectivity index is 1.96. The van der Waals surface area contributed by atoms with E-state index in [1.165, 1.54) is 0 Å². The van der Waals surface area contributed by atoms with E-state index in [4.69, 9.17) is 4.74 Å². The van der Waals surface area contributed by atoms with Gasteiger partial charge in [-0.2, -0.15) is 0 Å². The monoisotopic (exact) mass is 460 g/mol. The number of benzene rings is 2. The lowest BCUT2D eigenvalue weighted by Crippen LogP contribution is -2.46. The molecule has 2 aromatic carbocycles. The van der Waals surface area contributed by atoms with Gasteiger partial charge in [-0.25, -0.2) is 4.79 Å². The van der Waals surface area contributed by atoms with Gasteiger partial charge in [0.25, 0.3) is 11.8 Å². The molecule has 0 bridgehead atoms. The Hall–Kier alpha value is -2.67. The van der Waals surface area contributed by atoms with Gasteiger partial charge in [0.15, 0.2) is 6.61 Å². The summed E-state index contributed by atoms with van der Waals surface area (Å²) in [6, 6.07) is 11.7. The molecule has 0 aliphatic carbocycles. The SMILES string of the molecule is Cc1cc(Br)ccc1NC(=O)COC(=O)[C@H](NC(=O)c1ccccc1C)C(C)C. The summed E-state index contributed by atoms with van der Waals surface area (Å²) in [5, 5.41) is 5.42. The highest BCUT2D eigenvalue weighted by molar-refractivity contribution is 9.10. The molecule has 0 heterocycles. The second-order valence-corrected chi connectivity index (χ2v) is 8.04. The van der Waals surface area contributed by atoms with Crippen LogP contribution in [0.4, 0.5) is 5.69 Å². The van der Waals surface area contributed by atoms with Gasteiger partial charge in [-0.15, -0.1) is 0 Å². The van der Waals surface area contributed by atoms with Crippen LogP contribution < -0.4 is 10.6 Å². The molecule has 0 aromatic heterocycles. The van der Waals surface area contributed by atoms with E-state index in [0.29, 0.717) is 11.3 Å². The molecule has 29 heavy (non-hydrogen) atoms. The highest BCUT2D eigenvalue weighted by Gasteiger charge is 2.27. The highest BCUT2D eigenvalue weighted by Crippen LogP contribution is 2.20. The molecule has 0 radical (unpaired) electrons. The number of anilines is 1. The smallest absolute Gasteiger partial charge is 0.329 e. The van der Waals surface area contributed by atoms with Crippen molar-refractivity contribution in [1.29, 1.82) is 0 Å². The second-order valence-electron chi connectivity index (χ2n) is 7.13. The molecule has 1 atom stereocenters. The van der Waals surface area contributed by atoms with Crippen LogP contribution in [0.5, 0.6) is 0 Å². The lowest BCUT2D eigenvalue weighted by atomic mass is 10.0. The van der Waals surface area contributed by atoms with E-state index in [0.717, 1.165) is 15.6 Å². The fraction of sp³-hybridized carbons (Fsp3) is 0.318. The van der Waals surface area contributed by atoms with Gasteiger partial charge in [0.2, 0.25) is 0 Å². The molecule has 2 rings (SSSR count). The van der Waals surface area contributed by atoms with E-state index in [9.17, 15) is 14.4 Å². The molecule has 0 saturated carbocycles. The molecule has 2 amide bonds. The minimum Gasteiger partial charge on any atom is -0.454 e. The van der Waals surface area contributed by atoms with Crippen molar-refractivity contribution in [3.63, 3.8) is 0 Å². The largest absolute Gasteiger partial charge is 0.454 e. The van der Waals surface area contributed by atoms with E-state index in [1.54, 1.807) is 32.0 Å². The van der Waals surface area contributed by atoms with Crippen molar-refractivity contribution in [3.8, 4) is 0 Å². The average Bonchev–Trinajstić information content (AvgIpc) is 2.66. The zero-order valence-corrected chi connectivity index (χ0v) is 18.5. The first-order valence-corrected chi connectivity index (χ1v) is 10.1. The number of halogens is 1. The lowest BCUT2D eigenvalue weighted by molar-refractivity contribution is -0.150. The molecular formula is C22H25BrN2O4. The highest BCUT2D eigenvalue weighted by atomic mass is 79.9. The number of aryl methyl sites for hydroxylation is 2. The van der Waals surface area contributed by atoms with Crippen molar-refractivity contribution in [2.75, 3.05) is 11.9 Å². The van der Waals surface area contributed by atoms with E-state index in [1.807, 2.05) is 38.1 Å². The van der Waals surface area contributed by atoms with Crippen LogP contribution in [0.25, 0.3) is 0 Å². The van der Waals surface area contributed by atoms with Gasteiger partial charge in [-0.1, -0.05) is 48.0 Å². The zero-order valence-electron chi connectivity index (χ0n) is 16.9. The van der Waals surface area contributed by atoms with Crippen LogP contribution in [0.2, 0.25) is 0 Å². The van der Waals surface area contributed by atoms with Crippen molar-refractivity contribution in [2.45, 2.75) is 33.7 Å². The summed E-state index contributed by atoms with van der Waals surface area (Å²) < 4.78 is 6.06. The molecule has 0 aliphatic rings. The molecule has 2 aromatic rings. The third-order valence-electron chi connectivity index (χ3n) is 4.40. The summed E-state index contributed by atoms with van der Waals surface area (Å²) in [6.45, 7) is 6.86. The number of ether oxygens (including phenoxy) is 1. The van der Waals surface area contributed by atoms with E-state index >= 15 is 0 Å². The normalized spacial score (nSPS) is 11.7. The minimum absolute atomic E-state index is 0.202. The number of esters is 1. The molecule has 0 unspecified atom stereocenters. The maximum atomic E-state index is 12.5. The maximum absolute atomic E-state index is 12.5. The maximum Gasteiger partial charge on any atom is 0.329 e. The van der Waals surface area contributed by atoms with Crippen molar-refractivity contribution in [3.05, 3.63) is 63.6 Å². The first-order valence-electron chi connectivity index (χ1n) is 9.28. The molecule has 154 valence electrons. The molecule has 0 spiro atoms. The van der Waals surface area contributed by atoms with Crippen molar-refractivity contribution < 1.29 is 19.1 Å². The summed E-state index contributed by atoms with van der Waals surface area (Å²) >= 11 is 3.37. The Labute approximate surface area is 179 Å². The van der Waals surface area contributed by atoms with Gasteiger partial charge in [-0.3, -0.25) is 9.59 Å². The van der Waals surface area contributed by atoms with Crippen molar-refractivity contribution in [1.82, 2.24) is 5.32 Å². The fourth-order valence-electron chi connectivity index (χ4n) is 2.72. The van der Waals surface area contributed by atoms with Crippen LogP contribution >= 0.6 is 15.9 Å². The third kappa shape index (κ3) is 6.42. The van der Waals surface area contributed by atoms with Crippen LogP contribution in [0.1, 0.15) is 35.3 Å². The predicted octanol–water partition coefficient (Wildman–Crippen LogP) is 4.00. The summed E-state index contributed by atoms with van der Waals surface area (Å²) in [4.78, 5) is 37.2. The third-order valence-corrected chi connectivity index (χ3v) is 4.90. The van der Waals surface area contributed by atoms with Crippen LogP contribution in [-0.4, -0.2) is 30.4 Å². The number of carbonyl (C=O) groups excluding carboxylic acids is 3. The Morgan fingerprint density at radius 3 is 2.34 bits per heavy atom. The number of nitrogens with one attached hydrogen (secondary N) is 2. The van der Waals surface area contributed by atoms with Gasteiger partial charge < -0.3 is 15.4 Å². The molecule has 6 nitrogen and oxygen atoms in total. The van der Waals surface area contributed by atoms with E-state index in [-0.39, 0.29) is 11.8 Å². The Morgan fingerprint density at radius 1 is 1.03 bits per heavy atom. The molecule has 0 fully saturated rings. The zero-order chi connectivity index (χ0) is 21.6. The van der Waals surface area contributed by atoms with Gasteiger partial charge in [-0.05, 0) is 55.2 Å². The van der Waals surface area contributed by atoms with Gasteiger partial charge >= 0.3 is 5.97 Å². The minimum atomic E-state index is -0.857. The predicted molar refractivity (Wildman–Crippen MR) is 116 cm³/mol. The van der Waals surface area contributed by atoms with Gasteiger partial charge in [0.1, 0.15) is 6.04 Å². The topological polar surface area (TPSA) is 84.5 Å². The molecule has 0 aliphatic heterocycles. The quantitative estimate of drug-likeness (QED) is 0.611. The van der Waals surface area contributed by atoms with Crippen LogP contribution in [0, 0.1) is 19.8 Å². The second kappa shape index (κ2) is 10.2. The fourth-order valence-corrected chi connectivity index (χ4v) is 3.20. The first-order chi connectivity index (χ1) is 13.7. The van der Waals surface area contributed by atoms with Gasteiger partial charge in [0, 0.05) is 15.7 Å². The molecule has 0 saturated heterocycles. The molecule has 7 heteroatoms. The molecular weight excluding hydrogens is 436 g/mol. The van der Waals surface area contributed by atoms with Gasteiger partial charge in [0.05, 0.1) is 0 Å². The van der Waals surface area contributed by atoms with E-state index in [2.05, 4.69) is 26.6 Å². The number of hydrogen-bond acceptors (Lipinski definition) is 4. The van der Waals surface area contributed by atoms with Crippen molar-refractivity contribution >= 4 is 39.4 Å². The van der Waals surface area contributed by atoms with Crippen molar-refractivity contribution in [2.24, 2.45) is 5.92 Å². The average molecular weight is 461 g/mol. The standard InChI is InChI=1S/C22H25BrN2O4/c1-13(2)20(25-21(27)17-8-6-5-7-14(17)3)22(28)29-12-19(26)24-18-10-9-16(23)11-15(18)4/h5-11,13,20H,12H2,1-4H3,(H,24,26)(H,25,27)/t20-/m1/s1. The Bertz CT molecular complexity index is 911. The Morgan fingerprint density at radius 2 is 1.72 bits per heavy atom. The van der Waals surface area contributed by atoms with E-state index < -0.39 is 24.5 Å². The summed E-state index contributed by atoms with van der Waals surface area (Å²) in [7, 11) is 0. The number of rotatable bonds is 7.